The van der Waals surface area contributed by atoms with E-state index in [4.69, 9.17) is 5.73 Å². The second kappa shape index (κ2) is 4.73. The molecular formula is C11H7BrN6O. The van der Waals surface area contributed by atoms with Crippen molar-refractivity contribution in [1.29, 1.82) is 0 Å². The molecule has 2 aromatic heterocycles. The van der Waals surface area contributed by atoms with E-state index in [1.54, 1.807) is 6.20 Å². The highest BCUT2D eigenvalue weighted by Gasteiger charge is 2.13. The van der Waals surface area contributed by atoms with Crippen molar-refractivity contribution < 1.29 is 4.63 Å². The van der Waals surface area contributed by atoms with Gasteiger partial charge in [-0.2, -0.15) is 0 Å². The Labute approximate surface area is 116 Å². The minimum absolute atomic E-state index is 0.137. The minimum Gasteiger partial charge on any atom is -0.379 e. The van der Waals surface area contributed by atoms with E-state index in [9.17, 15) is 0 Å². The van der Waals surface area contributed by atoms with Gasteiger partial charge in [-0.1, -0.05) is 28.1 Å². The Balaban J connectivity index is 1.95. The topological polar surface area (TPSA) is 104 Å². The lowest BCUT2D eigenvalue weighted by Gasteiger charge is -2.00. The highest BCUT2D eigenvalue weighted by Crippen LogP contribution is 2.21. The average Bonchev–Trinajstić information content (AvgIpc) is 2.86. The molecule has 0 radical (unpaired) electrons. The van der Waals surface area contributed by atoms with Crippen LogP contribution in [0.3, 0.4) is 0 Å². The number of rotatable bonds is 2. The molecule has 0 aliphatic heterocycles. The van der Waals surface area contributed by atoms with Crippen LogP contribution in [0, 0.1) is 0 Å². The van der Waals surface area contributed by atoms with Gasteiger partial charge in [0, 0.05) is 10.0 Å². The number of nitrogens with zero attached hydrogens (tertiary/aromatic N) is 5. The summed E-state index contributed by atoms with van der Waals surface area (Å²) < 4.78 is 5.49. The van der Waals surface area contributed by atoms with E-state index in [-0.39, 0.29) is 17.3 Å². The molecule has 0 fully saturated rings. The smallest absolute Gasteiger partial charge is 0.207 e. The van der Waals surface area contributed by atoms with Crippen LogP contribution in [0.2, 0.25) is 0 Å². The molecule has 1 aromatic carbocycles. The van der Waals surface area contributed by atoms with Crippen molar-refractivity contribution in [2.24, 2.45) is 0 Å². The van der Waals surface area contributed by atoms with E-state index in [0.29, 0.717) is 5.69 Å². The fourth-order valence-corrected chi connectivity index (χ4v) is 1.75. The number of benzene rings is 1. The molecule has 0 aliphatic carbocycles. The van der Waals surface area contributed by atoms with E-state index < -0.39 is 0 Å². The monoisotopic (exact) mass is 318 g/mol. The predicted molar refractivity (Wildman–Crippen MR) is 70.7 cm³/mol. The van der Waals surface area contributed by atoms with Gasteiger partial charge in [-0.25, -0.2) is 9.61 Å². The quantitative estimate of drug-likeness (QED) is 0.769. The normalized spacial score (nSPS) is 10.6. The molecule has 8 heteroatoms. The second-order valence-corrected chi connectivity index (χ2v) is 4.59. The number of nitrogens with two attached hydrogens (primary N) is 1. The van der Waals surface area contributed by atoms with E-state index >= 15 is 0 Å². The van der Waals surface area contributed by atoms with Gasteiger partial charge in [0.05, 0.1) is 6.20 Å². The molecule has 0 bridgehead atoms. The third kappa shape index (κ3) is 2.29. The molecule has 0 amide bonds. The van der Waals surface area contributed by atoms with Crippen LogP contribution in [0.5, 0.6) is 0 Å². The first-order chi connectivity index (χ1) is 9.24. The van der Waals surface area contributed by atoms with Gasteiger partial charge in [0.15, 0.2) is 11.5 Å². The molecule has 3 rings (SSSR count). The van der Waals surface area contributed by atoms with Gasteiger partial charge in [0.1, 0.15) is 5.69 Å². The Hall–Kier alpha value is -2.35. The summed E-state index contributed by atoms with van der Waals surface area (Å²) in [6.07, 6.45) is 1.60. The summed E-state index contributed by atoms with van der Waals surface area (Å²) in [7, 11) is 0. The Morgan fingerprint density at radius 3 is 2.42 bits per heavy atom. The van der Waals surface area contributed by atoms with Crippen LogP contribution in [0.15, 0.2) is 39.6 Å². The molecule has 0 unspecified atom stereocenters. The minimum atomic E-state index is 0.137. The van der Waals surface area contributed by atoms with Crippen molar-refractivity contribution in [1.82, 2.24) is 25.5 Å². The molecule has 19 heavy (non-hydrogen) atoms. The van der Waals surface area contributed by atoms with Gasteiger partial charge in [-0.05, 0) is 22.4 Å². The molecular weight excluding hydrogens is 312 g/mol. The Morgan fingerprint density at radius 1 is 1.05 bits per heavy atom. The fraction of sp³-hybridized carbons (Fsp3) is 0. The van der Waals surface area contributed by atoms with Crippen LogP contribution in [-0.2, 0) is 0 Å². The van der Waals surface area contributed by atoms with E-state index in [1.165, 1.54) is 0 Å². The number of hydrogen-bond donors (Lipinski definition) is 1. The summed E-state index contributed by atoms with van der Waals surface area (Å²) in [6, 6.07) is 7.68. The van der Waals surface area contributed by atoms with Gasteiger partial charge in [-0.3, -0.25) is 0 Å². The number of hydrogen-bond acceptors (Lipinski definition) is 7. The Bertz CT molecular complexity index is 694. The van der Waals surface area contributed by atoms with E-state index in [1.807, 2.05) is 24.3 Å². The summed E-state index contributed by atoms with van der Waals surface area (Å²) in [4.78, 5) is 4.15. The lowest BCUT2D eigenvalue weighted by Crippen LogP contribution is -1.97. The number of halogens is 1. The maximum Gasteiger partial charge on any atom is 0.207 e. The molecule has 0 saturated carbocycles. The third-order valence-electron chi connectivity index (χ3n) is 2.43. The highest BCUT2D eigenvalue weighted by atomic mass is 79.9. The maximum absolute atomic E-state index is 5.56. The first kappa shape index (κ1) is 11.7. The van der Waals surface area contributed by atoms with Crippen LogP contribution in [0.1, 0.15) is 0 Å². The van der Waals surface area contributed by atoms with Crippen LogP contribution >= 0.6 is 15.9 Å². The SMILES string of the molecule is Nc1nonc1-c1ncc(-c2ccc(Br)cc2)nn1. The van der Waals surface area contributed by atoms with Crippen LogP contribution in [0.4, 0.5) is 5.82 Å². The lowest BCUT2D eigenvalue weighted by molar-refractivity contribution is 0.310. The number of anilines is 1. The van der Waals surface area contributed by atoms with Crippen molar-refractivity contribution in [3.05, 3.63) is 34.9 Å². The van der Waals surface area contributed by atoms with Crippen molar-refractivity contribution in [3.63, 3.8) is 0 Å². The van der Waals surface area contributed by atoms with E-state index in [2.05, 4.69) is 46.1 Å². The second-order valence-electron chi connectivity index (χ2n) is 3.67. The molecule has 0 atom stereocenters. The molecule has 2 heterocycles. The van der Waals surface area contributed by atoms with Crippen LogP contribution < -0.4 is 5.73 Å². The molecule has 0 saturated heterocycles. The Kier molecular flexibility index (Phi) is 2.92. The average molecular weight is 319 g/mol. The largest absolute Gasteiger partial charge is 0.379 e. The number of nitrogen functional groups attached to an aromatic ring is 1. The first-order valence-corrected chi connectivity index (χ1v) is 6.07. The molecule has 0 aliphatic rings. The zero-order chi connectivity index (χ0) is 13.2. The van der Waals surface area contributed by atoms with Crippen molar-refractivity contribution in [2.75, 3.05) is 5.73 Å². The Morgan fingerprint density at radius 2 is 1.84 bits per heavy atom. The standard InChI is InChI=1S/C11H7BrN6O/c12-7-3-1-6(2-4-7)8-5-14-11(16-15-8)9-10(13)18-19-17-9/h1-5H,(H2,13,18). The molecule has 3 aromatic rings. The van der Waals surface area contributed by atoms with Crippen molar-refractivity contribution >= 4 is 21.7 Å². The van der Waals surface area contributed by atoms with Crippen molar-refractivity contribution in [2.45, 2.75) is 0 Å². The van der Waals surface area contributed by atoms with Gasteiger partial charge < -0.3 is 5.73 Å². The summed E-state index contributed by atoms with van der Waals surface area (Å²) in [5, 5.41) is 15.1. The van der Waals surface area contributed by atoms with Gasteiger partial charge in [0.25, 0.3) is 0 Å². The maximum atomic E-state index is 5.56. The van der Waals surface area contributed by atoms with Gasteiger partial charge in [-0.15, -0.1) is 10.2 Å². The zero-order valence-corrected chi connectivity index (χ0v) is 11.1. The molecule has 94 valence electrons. The van der Waals surface area contributed by atoms with Crippen LogP contribution in [0.25, 0.3) is 22.8 Å². The lowest BCUT2D eigenvalue weighted by atomic mass is 10.2. The summed E-state index contributed by atoms with van der Waals surface area (Å²) in [5.74, 6) is 0.415. The van der Waals surface area contributed by atoms with Crippen molar-refractivity contribution in [3.8, 4) is 22.8 Å². The summed E-state index contributed by atoms with van der Waals surface area (Å²) >= 11 is 3.37. The summed E-state index contributed by atoms with van der Waals surface area (Å²) in [5.41, 5.74) is 7.42. The van der Waals surface area contributed by atoms with Gasteiger partial charge in [0.2, 0.25) is 5.82 Å². The summed E-state index contributed by atoms with van der Waals surface area (Å²) in [6.45, 7) is 0. The third-order valence-corrected chi connectivity index (χ3v) is 2.96. The highest BCUT2D eigenvalue weighted by molar-refractivity contribution is 9.10. The predicted octanol–water partition coefficient (Wildman–Crippen LogP) is 1.93. The number of aromatic nitrogens is 5. The van der Waals surface area contributed by atoms with Gasteiger partial charge >= 0.3 is 0 Å². The molecule has 0 spiro atoms. The van der Waals surface area contributed by atoms with Crippen LogP contribution in [-0.4, -0.2) is 25.5 Å². The fourth-order valence-electron chi connectivity index (χ4n) is 1.49. The first-order valence-electron chi connectivity index (χ1n) is 5.28. The molecule has 7 nitrogen and oxygen atoms in total. The van der Waals surface area contributed by atoms with E-state index in [0.717, 1.165) is 10.0 Å². The molecule has 2 N–H and O–H groups in total. The zero-order valence-electron chi connectivity index (χ0n) is 9.49.